The second-order valence-corrected chi connectivity index (χ2v) is 2.73. The van der Waals surface area contributed by atoms with Crippen LogP contribution in [0.2, 0.25) is 0 Å². The van der Waals surface area contributed by atoms with Crippen molar-refractivity contribution < 1.29 is 22.0 Å². The van der Waals surface area contributed by atoms with Gasteiger partial charge in [-0.25, -0.2) is 0 Å². The van der Waals surface area contributed by atoms with E-state index in [2.05, 4.69) is 5.32 Å². The second-order valence-electron chi connectivity index (χ2n) is 2.73. The molecule has 0 spiro atoms. The fourth-order valence-electron chi connectivity index (χ4n) is 0.647. The van der Waals surface area contributed by atoms with Gasteiger partial charge in [-0.3, -0.25) is 0 Å². The van der Waals surface area contributed by atoms with Crippen LogP contribution in [0.4, 0.5) is 22.0 Å². The zero-order valence-electron chi connectivity index (χ0n) is 7.22. The van der Waals surface area contributed by atoms with Crippen molar-refractivity contribution in [1.29, 1.82) is 0 Å². The predicted molar refractivity (Wildman–Crippen MR) is 38.8 cm³/mol. The van der Waals surface area contributed by atoms with Crippen LogP contribution in [0.1, 0.15) is 19.8 Å². The van der Waals surface area contributed by atoms with Gasteiger partial charge in [-0.15, -0.1) is 0 Å². The molecule has 13 heavy (non-hydrogen) atoms. The van der Waals surface area contributed by atoms with E-state index in [9.17, 15) is 22.0 Å². The molecule has 0 aromatic heterocycles. The van der Waals surface area contributed by atoms with E-state index in [0.29, 0.717) is 6.42 Å². The first-order chi connectivity index (χ1) is 5.81. The molecular weight excluding hydrogens is 193 g/mol. The lowest BCUT2D eigenvalue weighted by Gasteiger charge is -2.19. The maximum absolute atomic E-state index is 12.2. The van der Waals surface area contributed by atoms with E-state index in [4.69, 9.17) is 0 Å². The van der Waals surface area contributed by atoms with Gasteiger partial charge in [0, 0.05) is 0 Å². The number of rotatable bonds is 5. The summed E-state index contributed by atoms with van der Waals surface area (Å²) in [4.78, 5) is 0. The highest BCUT2D eigenvalue weighted by Crippen LogP contribution is 2.34. The molecule has 0 aromatic carbocycles. The van der Waals surface area contributed by atoms with Crippen LogP contribution in [0.3, 0.4) is 0 Å². The summed E-state index contributed by atoms with van der Waals surface area (Å²) in [6, 6.07) is 0. The molecule has 1 nitrogen and oxygen atoms in total. The minimum Gasteiger partial charge on any atom is -0.311 e. The molecule has 0 aliphatic rings. The Morgan fingerprint density at radius 3 is 2.00 bits per heavy atom. The molecule has 0 heterocycles. The lowest BCUT2D eigenvalue weighted by atomic mass is 10.3. The van der Waals surface area contributed by atoms with Crippen molar-refractivity contribution in [3.63, 3.8) is 0 Å². The third kappa shape index (κ3) is 4.40. The van der Waals surface area contributed by atoms with Crippen LogP contribution in [0.15, 0.2) is 0 Å². The van der Waals surface area contributed by atoms with Gasteiger partial charge in [0.1, 0.15) is 0 Å². The van der Waals surface area contributed by atoms with Gasteiger partial charge in [-0.2, -0.15) is 22.0 Å². The van der Waals surface area contributed by atoms with Crippen LogP contribution in [0.5, 0.6) is 0 Å². The van der Waals surface area contributed by atoms with E-state index < -0.39 is 18.6 Å². The third-order valence-corrected chi connectivity index (χ3v) is 1.47. The molecule has 0 aliphatic heterocycles. The summed E-state index contributed by atoms with van der Waals surface area (Å²) in [6.07, 6.45) is -4.11. The number of halogens is 5. The van der Waals surface area contributed by atoms with E-state index >= 15 is 0 Å². The largest absolute Gasteiger partial charge is 0.454 e. The highest BCUT2D eigenvalue weighted by atomic mass is 19.4. The van der Waals surface area contributed by atoms with Gasteiger partial charge in [-0.05, 0) is 13.0 Å². The minimum absolute atomic E-state index is 0.183. The first-order valence-corrected chi connectivity index (χ1v) is 3.96. The van der Waals surface area contributed by atoms with Gasteiger partial charge in [0.15, 0.2) is 0 Å². The maximum atomic E-state index is 12.2. The van der Waals surface area contributed by atoms with Crippen molar-refractivity contribution in [3.8, 4) is 0 Å². The molecular formula is C7H12F5N. The smallest absolute Gasteiger partial charge is 0.311 e. The average Bonchev–Trinajstić information content (AvgIpc) is 1.96. The zero-order chi connectivity index (χ0) is 10.5. The van der Waals surface area contributed by atoms with Gasteiger partial charge in [0.25, 0.3) is 0 Å². The Morgan fingerprint density at radius 2 is 1.62 bits per heavy atom. The van der Waals surface area contributed by atoms with Gasteiger partial charge < -0.3 is 5.32 Å². The zero-order valence-corrected chi connectivity index (χ0v) is 7.22. The quantitative estimate of drug-likeness (QED) is 0.537. The van der Waals surface area contributed by atoms with E-state index in [1.165, 1.54) is 0 Å². The monoisotopic (exact) mass is 205 g/mol. The highest BCUT2D eigenvalue weighted by Gasteiger charge is 2.56. The Bertz CT molecular complexity index is 142. The molecule has 0 saturated carbocycles. The van der Waals surface area contributed by atoms with E-state index in [-0.39, 0.29) is 6.54 Å². The molecule has 6 heteroatoms. The standard InChI is InChI=1S/C7H12F5N/c1-2-3-4-13-5-6(8,9)7(10,11)12/h13H,2-5H2,1H3. The summed E-state index contributed by atoms with van der Waals surface area (Å²) < 4.78 is 59.0. The maximum Gasteiger partial charge on any atom is 0.454 e. The highest BCUT2D eigenvalue weighted by molar-refractivity contribution is 4.77. The molecule has 0 atom stereocenters. The van der Waals surface area contributed by atoms with Crippen molar-refractivity contribution in [2.45, 2.75) is 31.9 Å². The Balaban J connectivity index is 3.77. The fourth-order valence-corrected chi connectivity index (χ4v) is 0.647. The van der Waals surface area contributed by atoms with E-state index in [1.807, 2.05) is 6.92 Å². The van der Waals surface area contributed by atoms with Crippen LogP contribution in [-0.2, 0) is 0 Å². The van der Waals surface area contributed by atoms with E-state index in [0.717, 1.165) is 6.42 Å². The van der Waals surface area contributed by atoms with Crippen LogP contribution in [0, 0.1) is 0 Å². The van der Waals surface area contributed by atoms with Crippen molar-refractivity contribution in [2.24, 2.45) is 0 Å². The number of hydrogen-bond donors (Lipinski definition) is 1. The van der Waals surface area contributed by atoms with Crippen molar-refractivity contribution >= 4 is 0 Å². The molecule has 0 aliphatic carbocycles. The molecule has 0 unspecified atom stereocenters. The first-order valence-electron chi connectivity index (χ1n) is 3.96. The SMILES string of the molecule is CCCCNCC(F)(F)C(F)(F)F. The molecule has 0 radical (unpaired) electrons. The summed E-state index contributed by atoms with van der Waals surface area (Å²) in [7, 11) is 0. The topological polar surface area (TPSA) is 12.0 Å². The van der Waals surface area contributed by atoms with Crippen molar-refractivity contribution in [3.05, 3.63) is 0 Å². The molecule has 0 aromatic rings. The summed E-state index contributed by atoms with van der Waals surface area (Å²) in [5, 5.41) is 2.06. The molecule has 1 N–H and O–H groups in total. The second kappa shape index (κ2) is 4.74. The Labute approximate surface area is 73.3 Å². The Kier molecular flexibility index (Phi) is 4.60. The molecule has 0 amide bonds. The molecule has 0 rings (SSSR count). The van der Waals surface area contributed by atoms with Crippen LogP contribution < -0.4 is 5.32 Å². The average molecular weight is 205 g/mol. The van der Waals surface area contributed by atoms with Crippen molar-refractivity contribution in [2.75, 3.05) is 13.1 Å². The first kappa shape index (κ1) is 12.6. The summed E-state index contributed by atoms with van der Waals surface area (Å²) in [5.74, 6) is -4.62. The van der Waals surface area contributed by atoms with Crippen LogP contribution >= 0.6 is 0 Å². The van der Waals surface area contributed by atoms with Crippen molar-refractivity contribution in [1.82, 2.24) is 5.32 Å². The molecule has 0 fully saturated rings. The number of unbranched alkanes of at least 4 members (excludes halogenated alkanes) is 1. The van der Waals surface area contributed by atoms with Crippen LogP contribution in [-0.4, -0.2) is 25.2 Å². The Hall–Kier alpha value is -0.390. The van der Waals surface area contributed by atoms with Gasteiger partial charge in [0.2, 0.25) is 0 Å². The normalized spacial score (nSPS) is 13.4. The number of alkyl halides is 5. The molecule has 0 bridgehead atoms. The van der Waals surface area contributed by atoms with Crippen LogP contribution in [0.25, 0.3) is 0 Å². The van der Waals surface area contributed by atoms with Gasteiger partial charge in [-0.1, -0.05) is 13.3 Å². The number of nitrogens with one attached hydrogen (secondary N) is 1. The summed E-state index contributed by atoms with van der Waals surface area (Å²) >= 11 is 0. The minimum atomic E-state index is -5.45. The lowest BCUT2D eigenvalue weighted by Crippen LogP contribution is -2.45. The van der Waals surface area contributed by atoms with Gasteiger partial charge >= 0.3 is 12.1 Å². The molecule has 80 valence electrons. The summed E-state index contributed by atoms with van der Waals surface area (Å²) in [6.45, 7) is 0.669. The number of hydrogen-bond acceptors (Lipinski definition) is 1. The molecule has 0 saturated heterocycles. The van der Waals surface area contributed by atoms with E-state index in [1.54, 1.807) is 0 Å². The lowest BCUT2D eigenvalue weighted by molar-refractivity contribution is -0.279. The predicted octanol–water partition coefficient (Wildman–Crippen LogP) is 2.57. The van der Waals surface area contributed by atoms with Gasteiger partial charge in [0.05, 0.1) is 6.54 Å². The fraction of sp³-hybridized carbons (Fsp3) is 1.00. The summed E-state index contributed by atoms with van der Waals surface area (Å²) in [5.41, 5.74) is 0. The Morgan fingerprint density at radius 1 is 1.08 bits per heavy atom. The third-order valence-electron chi connectivity index (χ3n) is 1.47.